The number of aromatic nitrogens is 2. The molecule has 0 bridgehead atoms. The number of hydrogen-bond acceptors (Lipinski definition) is 10. The summed E-state index contributed by atoms with van der Waals surface area (Å²) in [4.78, 5) is 65.2. The van der Waals surface area contributed by atoms with Crippen molar-refractivity contribution in [2.45, 2.75) is 110 Å². The van der Waals surface area contributed by atoms with Gasteiger partial charge >= 0.3 is 5.97 Å². The molecule has 3 rings (SSSR count). The van der Waals surface area contributed by atoms with Crippen molar-refractivity contribution < 1.29 is 33.4 Å². The van der Waals surface area contributed by atoms with Crippen molar-refractivity contribution in [3.8, 4) is 0 Å². The molecule has 0 spiro atoms. The molecular formula is C39H62N6O7. The molecule has 3 amide bonds. The standard InChI is InChI=1S/C36H54N6O7.C3H8/c1-9-23(2)33(41(5)32(44)21-37-30-18-24(3)38-22-39-30)29(47-6)20-31(43)42-17-13-16-28(42)34(48-7)25(4)35(45)40-27(36(46)49-8)19-26-14-11-10-12-15-26;1-3-2/h10-12,14-15,18,22-23,25,27-29,33-34H,9,13,16-17,19-21H2,1-8H3,(H,40,45)(H,37,38,39);3H2,1-2H3/t23?,25?,27-,28?,29?,33?,34?;/m0./s1. The molecule has 52 heavy (non-hydrogen) atoms. The zero-order chi connectivity index (χ0) is 38.8. The Morgan fingerprint density at radius 1 is 1.02 bits per heavy atom. The van der Waals surface area contributed by atoms with Gasteiger partial charge in [-0.05, 0) is 31.2 Å². The summed E-state index contributed by atoms with van der Waals surface area (Å²) in [5.74, 6) is -1.28. The van der Waals surface area contributed by atoms with E-state index < -0.39 is 30.1 Å². The first kappa shape index (κ1) is 44.1. The average molecular weight is 727 g/mol. The van der Waals surface area contributed by atoms with Gasteiger partial charge in [0.2, 0.25) is 17.7 Å². The lowest BCUT2D eigenvalue weighted by Gasteiger charge is -2.39. The largest absolute Gasteiger partial charge is 0.467 e. The molecule has 290 valence electrons. The first-order valence-electron chi connectivity index (χ1n) is 18.4. The predicted molar refractivity (Wildman–Crippen MR) is 201 cm³/mol. The molecule has 13 heteroatoms. The highest BCUT2D eigenvalue weighted by molar-refractivity contribution is 5.86. The molecular weight excluding hydrogens is 664 g/mol. The summed E-state index contributed by atoms with van der Waals surface area (Å²) in [5, 5.41) is 5.92. The highest BCUT2D eigenvalue weighted by atomic mass is 16.5. The zero-order valence-electron chi connectivity index (χ0n) is 32.9. The van der Waals surface area contributed by atoms with Crippen molar-refractivity contribution in [2.24, 2.45) is 11.8 Å². The van der Waals surface area contributed by atoms with Crippen molar-refractivity contribution in [3.05, 3.63) is 54.0 Å². The van der Waals surface area contributed by atoms with Gasteiger partial charge in [-0.3, -0.25) is 14.4 Å². The molecule has 2 N–H and O–H groups in total. The van der Waals surface area contributed by atoms with Gasteiger partial charge in [0.25, 0.3) is 0 Å². The summed E-state index contributed by atoms with van der Waals surface area (Å²) in [6.45, 7) is 12.5. The van der Waals surface area contributed by atoms with E-state index in [1.165, 1.54) is 27.0 Å². The molecule has 0 radical (unpaired) electrons. The number of hydrogen-bond donors (Lipinski definition) is 2. The highest BCUT2D eigenvalue weighted by Crippen LogP contribution is 2.29. The van der Waals surface area contributed by atoms with Crippen LogP contribution in [0.5, 0.6) is 0 Å². The van der Waals surface area contributed by atoms with Crippen LogP contribution in [0.3, 0.4) is 0 Å². The van der Waals surface area contributed by atoms with E-state index in [0.717, 1.165) is 24.1 Å². The van der Waals surface area contributed by atoms with Gasteiger partial charge in [0, 0.05) is 46.0 Å². The maximum Gasteiger partial charge on any atom is 0.328 e. The summed E-state index contributed by atoms with van der Waals surface area (Å²) < 4.78 is 16.8. The second-order valence-corrected chi connectivity index (χ2v) is 13.5. The Labute approximate surface area is 310 Å². The molecule has 2 heterocycles. The monoisotopic (exact) mass is 726 g/mol. The fourth-order valence-corrected chi connectivity index (χ4v) is 6.66. The predicted octanol–water partition coefficient (Wildman–Crippen LogP) is 4.43. The Bertz CT molecular complexity index is 1400. The van der Waals surface area contributed by atoms with Gasteiger partial charge in [-0.15, -0.1) is 0 Å². The van der Waals surface area contributed by atoms with Crippen LogP contribution < -0.4 is 10.6 Å². The molecule has 7 atom stereocenters. The smallest absolute Gasteiger partial charge is 0.328 e. The number of nitrogens with zero attached hydrogens (tertiary/aromatic N) is 4. The highest BCUT2D eigenvalue weighted by Gasteiger charge is 2.42. The molecule has 1 aromatic heterocycles. The summed E-state index contributed by atoms with van der Waals surface area (Å²) >= 11 is 0. The molecule has 1 fully saturated rings. The van der Waals surface area contributed by atoms with Crippen LogP contribution in [0.15, 0.2) is 42.7 Å². The Morgan fingerprint density at radius 3 is 2.27 bits per heavy atom. The summed E-state index contributed by atoms with van der Waals surface area (Å²) in [6.07, 6.45) is 4.02. The molecule has 1 aromatic carbocycles. The minimum absolute atomic E-state index is 0.0239. The molecule has 1 aliphatic rings. The first-order chi connectivity index (χ1) is 24.9. The van der Waals surface area contributed by atoms with Crippen molar-refractivity contribution in [1.29, 1.82) is 0 Å². The van der Waals surface area contributed by atoms with Crippen LogP contribution in [0.2, 0.25) is 0 Å². The van der Waals surface area contributed by atoms with Crippen molar-refractivity contribution in [2.75, 3.05) is 46.8 Å². The minimum Gasteiger partial charge on any atom is -0.467 e. The van der Waals surface area contributed by atoms with Crippen LogP contribution in [-0.2, 0) is 39.8 Å². The SMILES string of the molecule is CCC.CCC(C)C(C(CC(=O)N1CCCC1C(OC)C(C)C(=O)N[C@@H](Cc1ccccc1)C(=O)OC)OC)N(C)C(=O)CNc1cc(C)ncn1. The normalized spacial score (nSPS) is 17.3. The molecule has 1 aliphatic heterocycles. The van der Waals surface area contributed by atoms with Crippen LogP contribution in [0.4, 0.5) is 5.82 Å². The van der Waals surface area contributed by atoms with Crippen LogP contribution in [0.1, 0.15) is 78.0 Å². The van der Waals surface area contributed by atoms with E-state index >= 15 is 0 Å². The van der Waals surface area contributed by atoms with Gasteiger partial charge in [0.1, 0.15) is 18.2 Å². The van der Waals surface area contributed by atoms with Crippen molar-refractivity contribution in [1.82, 2.24) is 25.1 Å². The van der Waals surface area contributed by atoms with E-state index in [1.807, 2.05) is 51.1 Å². The lowest BCUT2D eigenvalue weighted by molar-refractivity contribution is -0.148. The number of rotatable bonds is 18. The summed E-state index contributed by atoms with van der Waals surface area (Å²) in [6, 6.07) is 9.56. The number of benzene rings is 1. The van der Waals surface area contributed by atoms with E-state index in [9.17, 15) is 19.2 Å². The van der Waals surface area contributed by atoms with E-state index in [0.29, 0.717) is 18.8 Å². The number of aryl methyl sites for hydroxylation is 1. The van der Waals surface area contributed by atoms with Gasteiger partial charge in [-0.2, -0.15) is 0 Å². The molecule has 1 saturated heterocycles. The summed E-state index contributed by atoms with van der Waals surface area (Å²) in [7, 11) is 6.13. The molecule has 0 aliphatic carbocycles. The maximum atomic E-state index is 14.0. The van der Waals surface area contributed by atoms with E-state index in [4.69, 9.17) is 14.2 Å². The number of methoxy groups -OCH3 is 3. The van der Waals surface area contributed by atoms with Gasteiger partial charge < -0.3 is 34.6 Å². The Hall–Kier alpha value is -4.10. The average Bonchev–Trinajstić information content (AvgIpc) is 3.63. The second kappa shape index (κ2) is 22.8. The van der Waals surface area contributed by atoms with Gasteiger partial charge in [0.15, 0.2) is 0 Å². The third-order valence-corrected chi connectivity index (χ3v) is 9.61. The number of likely N-dealkylation sites (N-methyl/N-ethyl adjacent to an activating group) is 1. The Kier molecular flexibility index (Phi) is 19.3. The number of carbonyl (C=O) groups excluding carboxylic acids is 4. The lowest BCUT2D eigenvalue weighted by Crippen LogP contribution is -2.54. The molecule has 0 saturated carbocycles. The van der Waals surface area contributed by atoms with Crippen molar-refractivity contribution in [3.63, 3.8) is 0 Å². The van der Waals surface area contributed by atoms with Crippen LogP contribution >= 0.6 is 0 Å². The number of ether oxygens (including phenoxy) is 3. The number of anilines is 1. The maximum absolute atomic E-state index is 14.0. The number of amides is 3. The second-order valence-electron chi connectivity index (χ2n) is 13.5. The minimum atomic E-state index is -0.874. The quantitative estimate of drug-likeness (QED) is 0.211. The van der Waals surface area contributed by atoms with Crippen LogP contribution in [-0.4, -0.2) is 115 Å². The van der Waals surface area contributed by atoms with Crippen LogP contribution in [0, 0.1) is 18.8 Å². The van der Waals surface area contributed by atoms with Gasteiger partial charge in [-0.25, -0.2) is 14.8 Å². The topological polar surface area (TPSA) is 152 Å². The third kappa shape index (κ3) is 12.8. The Morgan fingerprint density at radius 2 is 1.69 bits per heavy atom. The molecule has 6 unspecified atom stereocenters. The zero-order valence-corrected chi connectivity index (χ0v) is 32.9. The van der Waals surface area contributed by atoms with Crippen molar-refractivity contribution >= 4 is 29.5 Å². The summed E-state index contributed by atoms with van der Waals surface area (Å²) in [5.41, 5.74) is 1.67. The number of carbonyl (C=O) groups is 4. The van der Waals surface area contributed by atoms with E-state index in [2.05, 4.69) is 34.4 Å². The first-order valence-corrected chi connectivity index (χ1v) is 18.4. The fourth-order valence-electron chi connectivity index (χ4n) is 6.66. The number of nitrogens with one attached hydrogen (secondary N) is 2. The third-order valence-electron chi connectivity index (χ3n) is 9.61. The lowest BCUT2D eigenvalue weighted by atomic mass is 9.90. The fraction of sp³-hybridized carbons (Fsp3) is 0.641. The molecule has 2 aromatic rings. The Balaban J connectivity index is 0.00000301. The number of esters is 1. The van der Waals surface area contributed by atoms with E-state index in [-0.39, 0.29) is 55.1 Å². The van der Waals surface area contributed by atoms with E-state index in [1.54, 1.807) is 36.9 Å². The molecule has 13 nitrogen and oxygen atoms in total. The number of likely N-dealkylation sites (tertiary alicyclic amines) is 1. The van der Waals surface area contributed by atoms with Crippen LogP contribution in [0.25, 0.3) is 0 Å². The van der Waals surface area contributed by atoms with Gasteiger partial charge in [-0.1, -0.05) is 77.8 Å². The van der Waals surface area contributed by atoms with Gasteiger partial charge in [0.05, 0.1) is 50.3 Å².